The van der Waals surface area contributed by atoms with E-state index in [1.54, 1.807) is 0 Å². The van der Waals surface area contributed by atoms with E-state index in [1.807, 2.05) is 7.05 Å². The summed E-state index contributed by atoms with van der Waals surface area (Å²) in [6.45, 7) is 2.27. The SMILES string of the molecule is CCC1CCCC(OC2CCCC(NC)(C(=O)OC)C2)C1. The lowest BCUT2D eigenvalue weighted by Gasteiger charge is -2.40. The first-order valence-corrected chi connectivity index (χ1v) is 8.56. The Balaban J connectivity index is 1.93. The van der Waals surface area contributed by atoms with Crippen molar-refractivity contribution in [1.29, 1.82) is 0 Å². The molecule has 21 heavy (non-hydrogen) atoms. The van der Waals surface area contributed by atoms with Gasteiger partial charge in [-0.05, 0) is 45.1 Å². The van der Waals surface area contributed by atoms with Crippen LogP contribution >= 0.6 is 0 Å². The van der Waals surface area contributed by atoms with Gasteiger partial charge in [0.1, 0.15) is 5.54 Å². The summed E-state index contributed by atoms with van der Waals surface area (Å²) < 4.78 is 11.4. The molecule has 0 spiro atoms. The van der Waals surface area contributed by atoms with Crippen LogP contribution in [0.15, 0.2) is 0 Å². The summed E-state index contributed by atoms with van der Waals surface area (Å²) in [6, 6.07) is 0. The van der Waals surface area contributed by atoms with Crippen molar-refractivity contribution < 1.29 is 14.3 Å². The highest BCUT2D eigenvalue weighted by molar-refractivity contribution is 5.80. The van der Waals surface area contributed by atoms with Gasteiger partial charge in [0.05, 0.1) is 19.3 Å². The van der Waals surface area contributed by atoms with E-state index < -0.39 is 5.54 Å². The standard InChI is InChI=1S/C17H31NO3/c1-4-13-7-5-8-14(11-13)21-15-9-6-10-17(12-15,18-2)16(19)20-3/h13-15,18H,4-12H2,1-3H3. The number of carbonyl (C=O) groups excluding carboxylic acids is 1. The molecule has 0 amide bonds. The van der Waals surface area contributed by atoms with Gasteiger partial charge in [0, 0.05) is 6.42 Å². The van der Waals surface area contributed by atoms with E-state index in [0.29, 0.717) is 6.10 Å². The van der Waals surface area contributed by atoms with Crippen LogP contribution in [0.4, 0.5) is 0 Å². The molecule has 4 atom stereocenters. The van der Waals surface area contributed by atoms with Gasteiger partial charge < -0.3 is 14.8 Å². The largest absolute Gasteiger partial charge is 0.468 e. The Bertz CT molecular complexity index is 347. The second-order valence-corrected chi connectivity index (χ2v) is 6.74. The Morgan fingerprint density at radius 2 is 2.00 bits per heavy atom. The third-order valence-corrected chi connectivity index (χ3v) is 5.46. The van der Waals surface area contributed by atoms with E-state index in [0.717, 1.165) is 31.6 Å². The molecule has 0 saturated heterocycles. The molecule has 2 aliphatic carbocycles. The topological polar surface area (TPSA) is 47.6 Å². The van der Waals surface area contributed by atoms with E-state index in [4.69, 9.17) is 9.47 Å². The van der Waals surface area contributed by atoms with Crippen molar-refractivity contribution in [2.75, 3.05) is 14.2 Å². The van der Waals surface area contributed by atoms with Crippen LogP contribution in [0.3, 0.4) is 0 Å². The van der Waals surface area contributed by atoms with Crippen LogP contribution in [0.2, 0.25) is 0 Å². The van der Waals surface area contributed by atoms with Crippen LogP contribution in [-0.2, 0) is 14.3 Å². The zero-order chi connectivity index (χ0) is 15.3. The van der Waals surface area contributed by atoms with Crippen LogP contribution < -0.4 is 5.32 Å². The molecular weight excluding hydrogens is 266 g/mol. The van der Waals surface area contributed by atoms with Gasteiger partial charge in [0.15, 0.2) is 0 Å². The molecule has 4 unspecified atom stereocenters. The van der Waals surface area contributed by atoms with Crippen molar-refractivity contribution >= 4 is 5.97 Å². The predicted molar refractivity (Wildman–Crippen MR) is 83.2 cm³/mol. The molecular formula is C17H31NO3. The fraction of sp³-hybridized carbons (Fsp3) is 0.941. The molecule has 2 aliphatic rings. The molecule has 0 aromatic carbocycles. The smallest absolute Gasteiger partial charge is 0.326 e. The first kappa shape index (κ1) is 16.8. The van der Waals surface area contributed by atoms with Crippen LogP contribution in [-0.4, -0.2) is 37.9 Å². The number of ether oxygens (including phenoxy) is 2. The minimum atomic E-state index is -0.545. The quantitative estimate of drug-likeness (QED) is 0.792. The second-order valence-electron chi connectivity index (χ2n) is 6.74. The number of rotatable bonds is 5. The van der Waals surface area contributed by atoms with Gasteiger partial charge in [-0.25, -0.2) is 0 Å². The molecule has 1 N–H and O–H groups in total. The lowest BCUT2D eigenvalue weighted by molar-refractivity contribution is -0.154. The first-order chi connectivity index (χ1) is 10.1. The van der Waals surface area contributed by atoms with Gasteiger partial charge in [-0.3, -0.25) is 4.79 Å². The van der Waals surface area contributed by atoms with Gasteiger partial charge in [0.25, 0.3) is 0 Å². The number of methoxy groups -OCH3 is 1. The summed E-state index contributed by atoms with van der Waals surface area (Å²) in [7, 11) is 3.33. The van der Waals surface area contributed by atoms with Crippen molar-refractivity contribution in [3.63, 3.8) is 0 Å². The predicted octanol–water partition coefficient (Wildman–Crippen LogP) is 3.05. The van der Waals surface area contributed by atoms with Crippen LogP contribution in [0.1, 0.15) is 64.7 Å². The average molecular weight is 297 g/mol. The van der Waals surface area contributed by atoms with Crippen molar-refractivity contribution in [3.05, 3.63) is 0 Å². The van der Waals surface area contributed by atoms with E-state index in [-0.39, 0.29) is 12.1 Å². The number of likely N-dealkylation sites (N-methyl/N-ethyl adjacent to an activating group) is 1. The molecule has 122 valence electrons. The Labute approximate surface area is 129 Å². The summed E-state index contributed by atoms with van der Waals surface area (Å²) >= 11 is 0. The summed E-state index contributed by atoms with van der Waals surface area (Å²) in [6.07, 6.45) is 10.5. The van der Waals surface area contributed by atoms with Crippen molar-refractivity contribution in [3.8, 4) is 0 Å². The van der Waals surface area contributed by atoms with E-state index in [9.17, 15) is 4.79 Å². The fourth-order valence-electron chi connectivity index (χ4n) is 4.06. The highest BCUT2D eigenvalue weighted by Crippen LogP contribution is 2.35. The maximum atomic E-state index is 12.1. The van der Waals surface area contributed by atoms with Gasteiger partial charge in [-0.1, -0.05) is 26.2 Å². The molecule has 2 rings (SSSR count). The molecule has 0 aromatic heterocycles. The van der Waals surface area contributed by atoms with Gasteiger partial charge >= 0.3 is 5.97 Å². The molecule has 2 fully saturated rings. The average Bonchev–Trinajstić information content (AvgIpc) is 2.54. The molecule has 0 aromatic rings. The van der Waals surface area contributed by atoms with E-state index in [2.05, 4.69) is 12.2 Å². The summed E-state index contributed by atoms with van der Waals surface area (Å²) in [5, 5.41) is 3.20. The molecule has 4 nitrogen and oxygen atoms in total. The molecule has 4 heteroatoms. The Hall–Kier alpha value is -0.610. The van der Waals surface area contributed by atoms with Crippen molar-refractivity contribution in [1.82, 2.24) is 5.32 Å². The number of esters is 1. The molecule has 0 aliphatic heterocycles. The monoisotopic (exact) mass is 297 g/mol. The van der Waals surface area contributed by atoms with Gasteiger partial charge in [-0.15, -0.1) is 0 Å². The normalized spacial score (nSPS) is 37.2. The highest BCUT2D eigenvalue weighted by atomic mass is 16.5. The number of hydrogen-bond donors (Lipinski definition) is 1. The van der Waals surface area contributed by atoms with Crippen molar-refractivity contribution in [2.45, 2.75) is 82.5 Å². The minimum Gasteiger partial charge on any atom is -0.468 e. The Morgan fingerprint density at radius 3 is 2.67 bits per heavy atom. The maximum absolute atomic E-state index is 12.1. The van der Waals surface area contributed by atoms with Crippen LogP contribution in [0.25, 0.3) is 0 Å². The molecule has 0 heterocycles. The number of hydrogen-bond acceptors (Lipinski definition) is 4. The number of carbonyl (C=O) groups is 1. The zero-order valence-electron chi connectivity index (χ0n) is 13.8. The van der Waals surface area contributed by atoms with Crippen LogP contribution in [0.5, 0.6) is 0 Å². The Morgan fingerprint density at radius 1 is 1.24 bits per heavy atom. The highest BCUT2D eigenvalue weighted by Gasteiger charge is 2.43. The summed E-state index contributed by atoms with van der Waals surface area (Å²) in [5.74, 6) is 0.676. The van der Waals surface area contributed by atoms with E-state index >= 15 is 0 Å². The second kappa shape index (κ2) is 7.59. The zero-order valence-corrected chi connectivity index (χ0v) is 13.8. The Kier molecular flexibility index (Phi) is 6.06. The van der Waals surface area contributed by atoms with Gasteiger partial charge in [-0.2, -0.15) is 0 Å². The lowest BCUT2D eigenvalue weighted by Crippen LogP contribution is -2.55. The lowest BCUT2D eigenvalue weighted by atomic mass is 9.79. The molecule has 0 radical (unpaired) electrons. The third kappa shape index (κ3) is 3.98. The summed E-state index contributed by atoms with van der Waals surface area (Å²) in [5.41, 5.74) is -0.545. The van der Waals surface area contributed by atoms with Crippen molar-refractivity contribution in [2.24, 2.45) is 5.92 Å². The first-order valence-electron chi connectivity index (χ1n) is 8.56. The number of nitrogens with one attached hydrogen (secondary N) is 1. The minimum absolute atomic E-state index is 0.145. The van der Waals surface area contributed by atoms with E-state index in [1.165, 1.54) is 39.2 Å². The fourth-order valence-corrected chi connectivity index (χ4v) is 4.06. The molecule has 0 bridgehead atoms. The molecule has 2 saturated carbocycles. The maximum Gasteiger partial charge on any atom is 0.326 e. The summed E-state index contributed by atoms with van der Waals surface area (Å²) in [4.78, 5) is 12.1. The van der Waals surface area contributed by atoms with Gasteiger partial charge in [0.2, 0.25) is 0 Å². The van der Waals surface area contributed by atoms with Crippen LogP contribution in [0, 0.1) is 5.92 Å². The third-order valence-electron chi connectivity index (χ3n) is 5.46.